The Kier molecular flexibility index (Phi) is 4.54. The first kappa shape index (κ1) is 19.2. The van der Waals surface area contributed by atoms with Crippen molar-refractivity contribution in [2.24, 2.45) is 0 Å². The molecule has 0 saturated heterocycles. The number of ether oxygens (including phenoxy) is 2. The Labute approximate surface area is 190 Å². The monoisotopic (exact) mass is 463 g/mol. The molecule has 0 unspecified atom stereocenters. The number of benzene rings is 1. The molecule has 1 aliphatic rings. The number of hydrogen-bond donors (Lipinski definition) is 1. The van der Waals surface area contributed by atoms with Crippen molar-refractivity contribution in [3.8, 4) is 11.5 Å². The maximum atomic E-state index is 13.2. The number of nitrogens with zero attached hydrogens (tertiary/aromatic N) is 4. The van der Waals surface area contributed by atoms with Crippen LogP contribution in [0, 0.1) is 6.92 Å². The molecule has 0 saturated carbocycles. The van der Waals surface area contributed by atoms with E-state index in [0.717, 1.165) is 15.9 Å². The van der Waals surface area contributed by atoms with Crippen molar-refractivity contribution in [1.82, 2.24) is 19.7 Å². The van der Waals surface area contributed by atoms with E-state index in [9.17, 15) is 4.79 Å². The summed E-state index contributed by atoms with van der Waals surface area (Å²) in [5.41, 5.74) is 2.72. The summed E-state index contributed by atoms with van der Waals surface area (Å²) in [6, 6.07) is 9.60. The van der Waals surface area contributed by atoms with Crippen LogP contribution in [0.4, 0.5) is 5.13 Å². The van der Waals surface area contributed by atoms with Gasteiger partial charge in [0.1, 0.15) is 13.2 Å². The van der Waals surface area contributed by atoms with E-state index in [4.69, 9.17) is 9.47 Å². The van der Waals surface area contributed by atoms with E-state index >= 15 is 0 Å². The number of aromatic nitrogens is 4. The van der Waals surface area contributed by atoms with Gasteiger partial charge in [-0.15, -0.1) is 11.3 Å². The highest BCUT2D eigenvalue weighted by Gasteiger charge is 2.19. The molecule has 0 aliphatic carbocycles. The zero-order chi connectivity index (χ0) is 21.7. The molecule has 5 aromatic rings. The Morgan fingerprint density at radius 1 is 1.19 bits per heavy atom. The molecule has 0 atom stereocenters. The van der Waals surface area contributed by atoms with Crippen molar-refractivity contribution in [2.75, 3.05) is 18.5 Å². The van der Waals surface area contributed by atoms with Crippen LogP contribution in [0.3, 0.4) is 0 Å². The summed E-state index contributed by atoms with van der Waals surface area (Å²) in [6.45, 7) is 3.54. The molecule has 32 heavy (non-hydrogen) atoms. The lowest BCUT2D eigenvalue weighted by Crippen LogP contribution is -2.15. The molecular weight excluding hydrogens is 446 g/mol. The predicted octanol–water partition coefficient (Wildman–Crippen LogP) is 4.48. The van der Waals surface area contributed by atoms with Crippen LogP contribution in [0.1, 0.15) is 20.9 Å². The molecule has 4 aromatic heterocycles. The zero-order valence-electron chi connectivity index (χ0n) is 17.0. The van der Waals surface area contributed by atoms with Gasteiger partial charge in [0.15, 0.2) is 22.3 Å². The highest BCUT2D eigenvalue weighted by molar-refractivity contribution is 7.22. The van der Waals surface area contributed by atoms with Crippen LogP contribution in [0.25, 0.3) is 21.3 Å². The maximum absolute atomic E-state index is 13.2. The fourth-order valence-corrected chi connectivity index (χ4v) is 5.27. The molecule has 160 valence electrons. The number of carbonyl (C=O) groups excluding carboxylic acids is 1. The normalized spacial score (nSPS) is 13.0. The molecule has 1 N–H and O–H groups in total. The van der Waals surface area contributed by atoms with Crippen LogP contribution >= 0.6 is 22.7 Å². The Morgan fingerprint density at radius 2 is 2.03 bits per heavy atom. The quantitative estimate of drug-likeness (QED) is 0.423. The van der Waals surface area contributed by atoms with Gasteiger partial charge in [-0.25, -0.2) is 14.6 Å². The first-order chi connectivity index (χ1) is 15.6. The first-order valence-electron chi connectivity index (χ1n) is 10.0. The van der Waals surface area contributed by atoms with Gasteiger partial charge >= 0.3 is 0 Å². The van der Waals surface area contributed by atoms with Gasteiger partial charge in [0.25, 0.3) is 5.91 Å². The Morgan fingerprint density at radius 3 is 2.84 bits per heavy atom. The van der Waals surface area contributed by atoms with Gasteiger partial charge in [-0.3, -0.25) is 10.1 Å². The lowest BCUT2D eigenvalue weighted by Gasteiger charge is -2.17. The summed E-state index contributed by atoms with van der Waals surface area (Å²) in [6.07, 6.45) is 1.70. The lowest BCUT2D eigenvalue weighted by atomic mass is 10.1. The van der Waals surface area contributed by atoms with Gasteiger partial charge in [0.05, 0.1) is 33.9 Å². The number of rotatable bonds is 4. The minimum absolute atomic E-state index is 0.243. The van der Waals surface area contributed by atoms with E-state index in [1.807, 2.05) is 35.2 Å². The standard InChI is InChI=1S/C22H17N5O3S2/c1-12-7-14(15-10-23-27(20(15)24-12)11-13-3-2-6-31-13)21(28)26-22-25-16-8-17-18(9-19(16)32-22)30-5-4-29-17/h2-3,6-10H,4-5,11H2,1H3,(H,25,26,28). The number of thiophene rings is 1. The molecule has 5 heterocycles. The summed E-state index contributed by atoms with van der Waals surface area (Å²) < 4.78 is 14.0. The lowest BCUT2D eigenvalue weighted by molar-refractivity contribution is 0.102. The van der Waals surface area contributed by atoms with Crippen molar-refractivity contribution in [3.05, 3.63) is 58.0 Å². The van der Waals surface area contributed by atoms with Gasteiger partial charge in [0, 0.05) is 22.7 Å². The Hall–Kier alpha value is -3.50. The number of thiazole rings is 1. The fourth-order valence-electron chi connectivity index (χ4n) is 3.71. The number of anilines is 1. The van der Waals surface area contributed by atoms with Crippen molar-refractivity contribution in [3.63, 3.8) is 0 Å². The van der Waals surface area contributed by atoms with E-state index in [2.05, 4.69) is 26.4 Å². The number of hydrogen-bond acceptors (Lipinski definition) is 8. The Balaban J connectivity index is 1.33. The highest BCUT2D eigenvalue weighted by Crippen LogP contribution is 2.38. The smallest absolute Gasteiger partial charge is 0.258 e. The summed E-state index contributed by atoms with van der Waals surface area (Å²) >= 11 is 3.06. The number of nitrogens with one attached hydrogen (secondary N) is 1. The summed E-state index contributed by atoms with van der Waals surface area (Å²) in [5, 5.41) is 10.7. The number of fused-ring (bicyclic) bond motifs is 3. The van der Waals surface area contributed by atoms with Gasteiger partial charge in [-0.05, 0) is 24.4 Å². The SMILES string of the molecule is Cc1cc(C(=O)Nc2nc3cc4c(cc3s2)OCCO4)c2cnn(Cc3cccs3)c2n1. The third-order valence-electron chi connectivity index (χ3n) is 5.14. The van der Waals surface area contributed by atoms with Crippen LogP contribution < -0.4 is 14.8 Å². The molecule has 0 bridgehead atoms. The summed E-state index contributed by atoms with van der Waals surface area (Å²) in [7, 11) is 0. The van der Waals surface area contributed by atoms with E-state index in [1.54, 1.807) is 23.6 Å². The van der Waals surface area contributed by atoms with E-state index in [0.29, 0.717) is 53.0 Å². The second kappa shape index (κ2) is 7.57. The van der Waals surface area contributed by atoms with Crippen molar-refractivity contribution < 1.29 is 14.3 Å². The zero-order valence-corrected chi connectivity index (χ0v) is 18.6. The minimum atomic E-state index is -0.243. The molecule has 1 amide bonds. The Bertz CT molecular complexity index is 1430. The van der Waals surface area contributed by atoms with Gasteiger partial charge in [-0.2, -0.15) is 5.10 Å². The van der Waals surface area contributed by atoms with Crippen molar-refractivity contribution >= 4 is 55.0 Å². The molecule has 8 nitrogen and oxygen atoms in total. The van der Waals surface area contributed by atoms with Crippen LogP contribution in [0.2, 0.25) is 0 Å². The molecule has 0 radical (unpaired) electrons. The first-order valence-corrected chi connectivity index (χ1v) is 11.7. The molecule has 10 heteroatoms. The predicted molar refractivity (Wildman–Crippen MR) is 124 cm³/mol. The maximum Gasteiger partial charge on any atom is 0.258 e. The second-order valence-corrected chi connectivity index (χ2v) is 9.43. The average molecular weight is 464 g/mol. The fraction of sp³-hybridized carbons (Fsp3) is 0.182. The van der Waals surface area contributed by atoms with Gasteiger partial charge < -0.3 is 9.47 Å². The third kappa shape index (κ3) is 3.37. The second-order valence-electron chi connectivity index (χ2n) is 7.37. The van der Waals surface area contributed by atoms with Crippen LogP contribution in [-0.4, -0.2) is 38.9 Å². The highest BCUT2D eigenvalue weighted by atomic mass is 32.1. The van der Waals surface area contributed by atoms with Crippen molar-refractivity contribution in [2.45, 2.75) is 13.5 Å². The number of amides is 1. The van der Waals surface area contributed by atoms with Crippen LogP contribution in [0.15, 0.2) is 41.9 Å². The average Bonchev–Trinajstić information content (AvgIpc) is 3.52. The van der Waals surface area contributed by atoms with Gasteiger partial charge in [0.2, 0.25) is 0 Å². The molecule has 0 fully saturated rings. The van der Waals surface area contributed by atoms with E-state index in [-0.39, 0.29) is 5.91 Å². The molecule has 1 aliphatic heterocycles. The minimum Gasteiger partial charge on any atom is -0.486 e. The molecule has 6 rings (SSSR count). The van der Waals surface area contributed by atoms with E-state index < -0.39 is 0 Å². The number of aryl methyl sites for hydroxylation is 1. The number of pyridine rings is 1. The largest absolute Gasteiger partial charge is 0.486 e. The third-order valence-corrected chi connectivity index (χ3v) is 6.94. The van der Waals surface area contributed by atoms with E-state index in [1.165, 1.54) is 16.2 Å². The molecule has 0 spiro atoms. The van der Waals surface area contributed by atoms with Crippen LogP contribution in [0.5, 0.6) is 11.5 Å². The summed E-state index contributed by atoms with van der Waals surface area (Å²) in [4.78, 5) is 23.5. The van der Waals surface area contributed by atoms with Crippen LogP contribution in [-0.2, 0) is 6.54 Å². The topological polar surface area (TPSA) is 91.2 Å². The van der Waals surface area contributed by atoms with Crippen molar-refractivity contribution in [1.29, 1.82) is 0 Å². The number of carbonyl (C=O) groups is 1. The summed E-state index contributed by atoms with van der Waals surface area (Å²) in [5.74, 6) is 1.14. The van der Waals surface area contributed by atoms with Gasteiger partial charge in [-0.1, -0.05) is 17.4 Å². The molecular formula is C22H17N5O3S2. The molecule has 1 aromatic carbocycles.